The quantitative estimate of drug-likeness (QED) is 0.195. The van der Waals surface area contributed by atoms with Gasteiger partial charge in [-0.05, 0) is 47.5 Å². The second kappa shape index (κ2) is 10.4. The van der Waals surface area contributed by atoms with Crippen LogP contribution in [-0.4, -0.2) is 15.0 Å². The van der Waals surface area contributed by atoms with Crippen LogP contribution in [0.1, 0.15) is 30.8 Å². The van der Waals surface area contributed by atoms with Crippen molar-refractivity contribution in [3.63, 3.8) is 0 Å². The molecule has 1 radical (unpaired) electrons. The Labute approximate surface area is 220 Å². The Balaban J connectivity index is 0.000000189. The van der Waals surface area contributed by atoms with Crippen molar-refractivity contribution >= 4 is 0 Å². The summed E-state index contributed by atoms with van der Waals surface area (Å²) in [6.45, 7) is 6.52. The van der Waals surface area contributed by atoms with Crippen LogP contribution in [0.3, 0.4) is 0 Å². The summed E-state index contributed by atoms with van der Waals surface area (Å²) in [7, 11) is 0. The molecule has 0 N–H and O–H groups in total. The summed E-state index contributed by atoms with van der Waals surface area (Å²) in [6.07, 6.45) is 3.61. The van der Waals surface area contributed by atoms with E-state index in [1.54, 1.807) is 6.20 Å². The van der Waals surface area contributed by atoms with Gasteiger partial charge in [-0.2, -0.15) is 0 Å². The number of benzene rings is 2. The van der Waals surface area contributed by atoms with Crippen molar-refractivity contribution in [1.82, 2.24) is 15.0 Å². The second-order valence-corrected chi connectivity index (χ2v) is 8.85. The Morgan fingerprint density at radius 1 is 0.714 bits per heavy atom. The number of fused-ring (bicyclic) bond motifs is 3. The van der Waals surface area contributed by atoms with E-state index in [0.29, 0.717) is 0 Å². The van der Waals surface area contributed by atoms with Crippen molar-refractivity contribution in [3.8, 4) is 33.6 Å². The van der Waals surface area contributed by atoms with Gasteiger partial charge in [0.05, 0.1) is 0 Å². The summed E-state index contributed by atoms with van der Waals surface area (Å²) < 4.78 is 0. The van der Waals surface area contributed by atoms with Gasteiger partial charge in [-0.25, -0.2) is 0 Å². The zero-order valence-electron chi connectivity index (χ0n) is 19.9. The first-order valence-corrected chi connectivity index (χ1v) is 11.4. The van der Waals surface area contributed by atoms with Gasteiger partial charge in [0.1, 0.15) is 0 Å². The molecule has 0 atom stereocenters. The molecule has 0 saturated heterocycles. The van der Waals surface area contributed by atoms with E-state index in [0.717, 1.165) is 33.9 Å². The van der Waals surface area contributed by atoms with Crippen molar-refractivity contribution in [3.05, 3.63) is 126 Å². The van der Waals surface area contributed by atoms with Gasteiger partial charge in [0.15, 0.2) is 0 Å². The van der Waals surface area contributed by atoms with E-state index in [2.05, 4.69) is 60.2 Å². The van der Waals surface area contributed by atoms with Gasteiger partial charge in [0.25, 0.3) is 0 Å². The summed E-state index contributed by atoms with van der Waals surface area (Å²) in [4.78, 5) is 13.4. The summed E-state index contributed by atoms with van der Waals surface area (Å²) in [5.41, 5.74) is 9.93. The third kappa shape index (κ3) is 5.00. The number of aryl methyl sites for hydroxylation is 1. The number of hydrogen-bond acceptors (Lipinski definition) is 3. The SMILES string of the molecule is Cc1ccc2c(n1)C(C)(C)c1c[c-]c(-c3ccccn3)cc1-2.[Ir].[c-]1ccccc1-c1ccccn1. The molecule has 0 bridgehead atoms. The predicted octanol–water partition coefficient (Wildman–Crippen LogP) is 7.10. The van der Waals surface area contributed by atoms with Crippen LogP contribution in [0.15, 0.2) is 97.3 Å². The van der Waals surface area contributed by atoms with Crippen LogP contribution in [0, 0.1) is 19.1 Å². The van der Waals surface area contributed by atoms with Crippen LogP contribution in [0.25, 0.3) is 33.6 Å². The molecule has 1 aliphatic rings. The Morgan fingerprint density at radius 2 is 1.40 bits per heavy atom. The third-order valence-electron chi connectivity index (χ3n) is 6.13. The molecular formula is C31H25IrN3-2. The molecule has 0 aliphatic heterocycles. The van der Waals surface area contributed by atoms with Crippen molar-refractivity contribution in [2.75, 3.05) is 0 Å². The predicted molar refractivity (Wildman–Crippen MR) is 137 cm³/mol. The van der Waals surface area contributed by atoms with E-state index in [-0.39, 0.29) is 25.5 Å². The maximum absolute atomic E-state index is 4.79. The minimum Gasteiger partial charge on any atom is -0.305 e. The molecule has 5 aromatic rings. The minimum absolute atomic E-state index is 0. The van der Waals surface area contributed by atoms with Gasteiger partial charge in [-0.3, -0.25) is 4.98 Å². The summed E-state index contributed by atoms with van der Waals surface area (Å²) in [5, 5.41) is 0. The maximum atomic E-state index is 4.79. The van der Waals surface area contributed by atoms with Crippen molar-refractivity contribution in [1.29, 1.82) is 0 Å². The standard InChI is InChI=1S/C20H17N2.C11H8N.Ir/c1-13-7-9-15-16-12-14(18-6-4-5-11-21-18)8-10-17(16)20(2,3)19(15)22-13;1-2-6-10(7-3-1)11-8-4-5-9-12-11;/h4-7,9-12H,1-3H3;1-6,8-9H;/q2*-1;. The van der Waals surface area contributed by atoms with E-state index in [1.165, 1.54) is 16.7 Å². The zero-order valence-corrected chi connectivity index (χ0v) is 22.3. The van der Waals surface area contributed by atoms with Crippen molar-refractivity contribution < 1.29 is 20.1 Å². The van der Waals surface area contributed by atoms with Gasteiger partial charge < -0.3 is 9.97 Å². The molecule has 3 nitrogen and oxygen atoms in total. The van der Waals surface area contributed by atoms with Crippen LogP contribution in [0.5, 0.6) is 0 Å². The smallest absolute Gasteiger partial charge is 0.0481 e. The molecular weight excluding hydrogens is 607 g/mol. The Hall–Kier alpha value is -3.46. The van der Waals surface area contributed by atoms with E-state index in [1.807, 2.05) is 73.8 Å². The van der Waals surface area contributed by atoms with E-state index < -0.39 is 0 Å². The Bertz CT molecular complexity index is 1380. The average Bonchev–Trinajstić information content (AvgIpc) is 3.11. The number of pyridine rings is 3. The summed E-state index contributed by atoms with van der Waals surface area (Å²) >= 11 is 0. The van der Waals surface area contributed by atoms with Crippen LogP contribution in [-0.2, 0) is 25.5 Å². The fraction of sp³-hybridized carbons (Fsp3) is 0.129. The molecule has 2 aromatic carbocycles. The second-order valence-electron chi connectivity index (χ2n) is 8.85. The Kier molecular flexibility index (Phi) is 7.35. The van der Waals surface area contributed by atoms with Gasteiger partial charge in [-0.15, -0.1) is 65.2 Å². The van der Waals surface area contributed by atoms with E-state index in [9.17, 15) is 0 Å². The van der Waals surface area contributed by atoms with E-state index in [4.69, 9.17) is 4.98 Å². The molecule has 0 unspecified atom stereocenters. The van der Waals surface area contributed by atoms with Crippen LogP contribution < -0.4 is 0 Å². The molecule has 175 valence electrons. The summed E-state index contributed by atoms with van der Waals surface area (Å²) in [6, 6.07) is 34.8. The van der Waals surface area contributed by atoms with Gasteiger partial charge in [-0.1, -0.05) is 49.7 Å². The molecule has 0 fully saturated rings. The van der Waals surface area contributed by atoms with Crippen LogP contribution >= 0.6 is 0 Å². The van der Waals surface area contributed by atoms with Crippen molar-refractivity contribution in [2.45, 2.75) is 26.2 Å². The first-order valence-electron chi connectivity index (χ1n) is 11.4. The normalized spacial score (nSPS) is 12.4. The third-order valence-corrected chi connectivity index (χ3v) is 6.13. The topological polar surface area (TPSA) is 38.7 Å². The first-order chi connectivity index (χ1) is 16.5. The molecule has 6 rings (SSSR count). The van der Waals surface area contributed by atoms with Crippen molar-refractivity contribution in [2.24, 2.45) is 0 Å². The molecule has 4 heteroatoms. The largest absolute Gasteiger partial charge is 0.305 e. The average molecular weight is 632 g/mol. The van der Waals surface area contributed by atoms with E-state index >= 15 is 0 Å². The molecule has 35 heavy (non-hydrogen) atoms. The van der Waals surface area contributed by atoms with Gasteiger partial charge in [0, 0.05) is 43.9 Å². The molecule has 0 saturated carbocycles. The monoisotopic (exact) mass is 632 g/mol. The zero-order chi connectivity index (χ0) is 23.5. The fourth-order valence-corrected chi connectivity index (χ4v) is 4.35. The number of nitrogens with zero attached hydrogens (tertiary/aromatic N) is 3. The number of rotatable bonds is 2. The molecule has 1 aliphatic carbocycles. The number of hydrogen-bond donors (Lipinski definition) is 0. The van der Waals surface area contributed by atoms with Gasteiger partial charge >= 0.3 is 0 Å². The molecule has 0 spiro atoms. The van der Waals surface area contributed by atoms with Crippen LogP contribution in [0.2, 0.25) is 0 Å². The number of aromatic nitrogens is 3. The minimum atomic E-state index is -0.0736. The van der Waals surface area contributed by atoms with Gasteiger partial charge in [0.2, 0.25) is 0 Å². The Morgan fingerprint density at radius 3 is 2.03 bits per heavy atom. The maximum Gasteiger partial charge on any atom is 0.0481 e. The first kappa shape index (κ1) is 24.7. The van der Waals surface area contributed by atoms with Crippen LogP contribution in [0.4, 0.5) is 0 Å². The molecule has 3 heterocycles. The molecule has 0 amide bonds. The fourth-order valence-electron chi connectivity index (χ4n) is 4.35. The molecule has 3 aromatic heterocycles. The summed E-state index contributed by atoms with van der Waals surface area (Å²) in [5.74, 6) is 0.